The molecule has 0 unspecified atom stereocenters. The SMILES string of the molecule is C=C1C[C@@H]2C[C@@H]3C[C@@H](O)C[C@@H](O3)c3coc(n3)/C=C\C[C@H]3O[C@@H](/C(C)=C/c4coc(C)n4)[C@H](C)[C@@H](OC(=O)/C=C\C[C@@H](C1)O2)[C@H]3C. The first kappa shape index (κ1) is 32.6. The predicted molar refractivity (Wildman–Crippen MR) is 170 cm³/mol. The van der Waals surface area contributed by atoms with Gasteiger partial charge in [0.15, 0.2) is 5.89 Å². The summed E-state index contributed by atoms with van der Waals surface area (Å²) in [5.74, 6) is 0.479. The van der Waals surface area contributed by atoms with E-state index in [1.807, 2.05) is 31.2 Å². The Balaban J connectivity index is 1.27. The maximum absolute atomic E-state index is 13.2. The van der Waals surface area contributed by atoms with Crippen molar-refractivity contribution in [1.82, 2.24) is 9.97 Å². The van der Waals surface area contributed by atoms with Crippen molar-refractivity contribution in [3.05, 3.63) is 71.6 Å². The van der Waals surface area contributed by atoms with Crippen LogP contribution in [0.5, 0.6) is 0 Å². The summed E-state index contributed by atoms with van der Waals surface area (Å²) in [6.45, 7) is 12.2. The highest BCUT2D eigenvalue weighted by Crippen LogP contribution is 2.39. The van der Waals surface area contributed by atoms with Crippen molar-refractivity contribution >= 4 is 18.1 Å². The van der Waals surface area contributed by atoms with Gasteiger partial charge in [0.05, 0.1) is 36.6 Å². The number of rotatable bonds is 2. The molecule has 6 rings (SSSR count). The van der Waals surface area contributed by atoms with Crippen LogP contribution in [0.4, 0.5) is 0 Å². The van der Waals surface area contributed by atoms with E-state index >= 15 is 0 Å². The van der Waals surface area contributed by atoms with Crippen LogP contribution in [0.25, 0.3) is 12.2 Å². The Hall–Kier alpha value is -3.31. The monoisotopic (exact) mass is 634 g/mol. The lowest BCUT2D eigenvalue weighted by Crippen LogP contribution is -2.50. The molecule has 2 aromatic rings. The van der Waals surface area contributed by atoms with Gasteiger partial charge in [0.25, 0.3) is 0 Å². The van der Waals surface area contributed by atoms with E-state index in [0.717, 1.165) is 29.7 Å². The van der Waals surface area contributed by atoms with Crippen LogP contribution in [0.15, 0.2) is 57.3 Å². The molecule has 3 saturated heterocycles. The summed E-state index contributed by atoms with van der Waals surface area (Å²) in [5, 5.41) is 10.7. The molecule has 0 saturated carbocycles. The number of fused-ring (bicyclic) bond motifs is 9. The number of carbonyl (C=O) groups is 1. The van der Waals surface area contributed by atoms with Gasteiger partial charge in [-0.15, -0.1) is 0 Å². The van der Waals surface area contributed by atoms with Crippen molar-refractivity contribution < 1.29 is 37.7 Å². The van der Waals surface area contributed by atoms with Crippen LogP contribution in [0.1, 0.15) is 95.0 Å². The second-order valence-electron chi connectivity index (χ2n) is 13.4. The van der Waals surface area contributed by atoms with Gasteiger partial charge in [-0.25, -0.2) is 14.8 Å². The number of nitrogens with zero attached hydrogens (tertiary/aromatic N) is 2. The van der Waals surface area contributed by atoms with Crippen molar-refractivity contribution in [3.8, 4) is 0 Å². The van der Waals surface area contributed by atoms with Gasteiger partial charge in [-0.1, -0.05) is 38.2 Å². The molecule has 0 aliphatic carbocycles. The Morgan fingerprint density at radius 1 is 0.935 bits per heavy atom. The van der Waals surface area contributed by atoms with Crippen LogP contribution in [-0.2, 0) is 23.7 Å². The number of oxazole rings is 2. The number of aromatic nitrogens is 2. The number of ether oxygens (including phenoxy) is 4. The number of aliphatic hydroxyl groups excluding tert-OH is 1. The van der Waals surface area contributed by atoms with Gasteiger partial charge in [0, 0.05) is 37.7 Å². The average molecular weight is 635 g/mol. The molecule has 10 heteroatoms. The number of carbonyl (C=O) groups excluding carboxylic acids is 1. The zero-order chi connectivity index (χ0) is 32.4. The maximum Gasteiger partial charge on any atom is 0.330 e. The number of aliphatic hydroxyl groups is 1. The molecule has 10 nitrogen and oxygen atoms in total. The first-order valence-corrected chi connectivity index (χ1v) is 16.5. The molecule has 0 amide bonds. The molecule has 2 aromatic heterocycles. The smallest absolute Gasteiger partial charge is 0.330 e. The predicted octanol–water partition coefficient (Wildman–Crippen LogP) is 6.46. The topological polar surface area (TPSA) is 126 Å². The van der Waals surface area contributed by atoms with Gasteiger partial charge in [-0.3, -0.25) is 0 Å². The van der Waals surface area contributed by atoms with E-state index < -0.39 is 6.10 Å². The third kappa shape index (κ3) is 7.79. The van der Waals surface area contributed by atoms with Gasteiger partial charge in [-0.05, 0) is 56.8 Å². The Morgan fingerprint density at radius 3 is 2.54 bits per heavy atom. The molecule has 6 heterocycles. The van der Waals surface area contributed by atoms with E-state index in [2.05, 4.69) is 30.4 Å². The van der Waals surface area contributed by atoms with E-state index in [-0.39, 0.29) is 60.5 Å². The summed E-state index contributed by atoms with van der Waals surface area (Å²) < 4.78 is 36.9. The fourth-order valence-electron chi connectivity index (χ4n) is 7.38. The molecule has 8 bridgehead atoms. The lowest BCUT2D eigenvalue weighted by molar-refractivity contribution is -0.179. The van der Waals surface area contributed by atoms with Crippen molar-refractivity contribution in [2.24, 2.45) is 11.8 Å². The van der Waals surface area contributed by atoms with Gasteiger partial charge >= 0.3 is 5.97 Å². The van der Waals surface area contributed by atoms with Crippen molar-refractivity contribution in [2.45, 2.75) is 121 Å². The van der Waals surface area contributed by atoms with Gasteiger partial charge in [0.2, 0.25) is 5.89 Å². The van der Waals surface area contributed by atoms with Crippen LogP contribution in [0.2, 0.25) is 0 Å². The van der Waals surface area contributed by atoms with Crippen LogP contribution in [-0.4, -0.2) is 63.8 Å². The maximum atomic E-state index is 13.2. The minimum absolute atomic E-state index is 0.0793. The van der Waals surface area contributed by atoms with Crippen molar-refractivity contribution in [1.29, 1.82) is 0 Å². The zero-order valence-corrected chi connectivity index (χ0v) is 27.2. The van der Waals surface area contributed by atoms with Crippen LogP contribution in [0.3, 0.4) is 0 Å². The molecular formula is C36H46N2O8. The molecule has 10 atom stereocenters. The minimum Gasteiger partial charge on any atom is -0.458 e. The van der Waals surface area contributed by atoms with Gasteiger partial charge in [0.1, 0.15) is 36.1 Å². The fourth-order valence-corrected chi connectivity index (χ4v) is 7.38. The second-order valence-corrected chi connectivity index (χ2v) is 13.4. The van der Waals surface area contributed by atoms with Crippen LogP contribution >= 0.6 is 0 Å². The Labute approximate surface area is 270 Å². The Morgan fingerprint density at radius 2 is 1.74 bits per heavy atom. The molecule has 0 spiro atoms. The average Bonchev–Trinajstić information content (AvgIpc) is 3.64. The number of aryl methyl sites for hydroxylation is 1. The lowest BCUT2D eigenvalue weighted by Gasteiger charge is -2.44. The summed E-state index contributed by atoms with van der Waals surface area (Å²) in [5.41, 5.74) is 3.47. The molecule has 46 heavy (non-hydrogen) atoms. The van der Waals surface area contributed by atoms with Crippen LogP contribution < -0.4 is 0 Å². The highest BCUT2D eigenvalue weighted by Gasteiger charge is 2.44. The standard InChI is InChI=1S/C36H46N2O8/c1-20-12-27-8-6-11-34(40)46-36-22(3)31(45-35(23(36)4)21(2)14-25-18-41-24(5)37-25)9-7-10-33-38-30(19-42-33)32-16-26(39)15-29(44-32)17-28(13-20)43-27/h6-7,10-11,14,18-19,22-23,26-29,31-32,35-36,39H,1,8-9,12-13,15-17H2,2-5H3/b10-7-,11-6-,21-14+/t22-,23-,26+,27-,28+,29-,31+,32+,35-,36-/m0/s1. The highest BCUT2D eigenvalue weighted by atomic mass is 16.6. The second kappa shape index (κ2) is 14.2. The van der Waals surface area contributed by atoms with Gasteiger partial charge in [-0.2, -0.15) is 0 Å². The Bertz CT molecular complexity index is 1470. The normalized spacial score (nSPS) is 37.5. The van der Waals surface area contributed by atoms with E-state index in [1.54, 1.807) is 19.5 Å². The molecular weight excluding hydrogens is 588 g/mol. The fraction of sp³-hybridized carbons (Fsp3) is 0.583. The molecule has 4 aliphatic rings. The molecule has 0 radical (unpaired) electrons. The van der Waals surface area contributed by atoms with E-state index in [1.165, 1.54) is 6.08 Å². The summed E-state index contributed by atoms with van der Waals surface area (Å²) >= 11 is 0. The van der Waals surface area contributed by atoms with Crippen molar-refractivity contribution in [2.75, 3.05) is 0 Å². The minimum atomic E-state index is -0.503. The molecule has 248 valence electrons. The zero-order valence-electron chi connectivity index (χ0n) is 27.2. The first-order valence-electron chi connectivity index (χ1n) is 16.5. The molecule has 4 aliphatic heterocycles. The molecule has 0 aromatic carbocycles. The van der Waals surface area contributed by atoms with E-state index in [9.17, 15) is 9.90 Å². The number of hydrogen-bond donors (Lipinski definition) is 1. The number of esters is 1. The Kier molecular flexibility index (Phi) is 10.1. The van der Waals surface area contributed by atoms with Gasteiger partial charge < -0.3 is 32.9 Å². The lowest BCUT2D eigenvalue weighted by atomic mass is 9.79. The summed E-state index contributed by atoms with van der Waals surface area (Å²) in [6.07, 6.45) is 14.5. The van der Waals surface area contributed by atoms with Crippen molar-refractivity contribution in [3.63, 3.8) is 0 Å². The van der Waals surface area contributed by atoms with E-state index in [0.29, 0.717) is 49.6 Å². The van der Waals surface area contributed by atoms with E-state index in [4.69, 9.17) is 27.8 Å². The summed E-state index contributed by atoms with van der Waals surface area (Å²) in [4.78, 5) is 22.3. The van der Waals surface area contributed by atoms with Crippen LogP contribution in [0, 0.1) is 18.8 Å². The highest BCUT2D eigenvalue weighted by molar-refractivity contribution is 5.82. The third-order valence-corrected chi connectivity index (χ3v) is 9.61. The quantitative estimate of drug-likeness (QED) is 0.290. The largest absolute Gasteiger partial charge is 0.458 e. The molecule has 1 N–H and O–H groups in total. The molecule has 3 fully saturated rings. The summed E-state index contributed by atoms with van der Waals surface area (Å²) in [7, 11) is 0. The first-order chi connectivity index (χ1) is 22.1. The number of hydrogen-bond acceptors (Lipinski definition) is 10. The summed E-state index contributed by atoms with van der Waals surface area (Å²) in [6, 6.07) is 0. The third-order valence-electron chi connectivity index (χ3n) is 9.61.